The van der Waals surface area contributed by atoms with E-state index in [0.29, 0.717) is 11.8 Å². The lowest BCUT2D eigenvalue weighted by Crippen LogP contribution is -2.60. The van der Waals surface area contributed by atoms with Gasteiger partial charge in [0, 0.05) is 39.2 Å². The maximum atomic E-state index is 12.1. The molecule has 0 bridgehead atoms. The van der Waals surface area contributed by atoms with Crippen molar-refractivity contribution in [1.82, 2.24) is 14.7 Å². The first-order valence-electron chi connectivity index (χ1n) is 6.08. The first-order chi connectivity index (χ1) is 8.62. The molecule has 3 heterocycles. The highest BCUT2D eigenvalue weighted by atomic mass is 32.2. The number of nitrogens with zero attached hydrogens (tertiary/aromatic N) is 3. The summed E-state index contributed by atoms with van der Waals surface area (Å²) in [5, 5.41) is 4.15. The van der Waals surface area contributed by atoms with Crippen molar-refractivity contribution in [3.63, 3.8) is 0 Å². The van der Waals surface area contributed by atoms with Crippen LogP contribution in [0.2, 0.25) is 0 Å². The minimum absolute atomic E-state index is 0.0442. The van der Waals surface area contributed by atoms with Crippen LogP contribution in [-0.2, 0) is 11.8 Å². The fourth-order valence-corrected chi connectivity index (χ4v) is 4.25. The van der Waals surface area contributed by atoms with Gasteiger partial charge in [-0.05, 0) is 12.5 Å². The number of hydrogen-bond donors (Lipinski definition) is 0. The normalized spacial score (nSPS) is 25.4. The summed E-state index contributed by atoms with van der Waals surface area (Å²) in [7, 11) is 3.59. The van der Waals surface area contributed by atoms with Crippen LogP contribution in [0.4, 0.5) is 0 Å². The second kappa shape index (κ2) is 4.28. The molecule has 2 aliphatic heterocycles. The number of ether oxygens (including phenoxy) is 1. The van der Waals surface area contributed by atoms with E-state index in [0.717, 1.165) is 25.3 Å². The van der Waals surface area contributed by atoms with Crippen molar-refractivity contribution in [2.24, 2.45) is 7.05 Å². The molecule has 1 aromatic rings. The Labute approximate surface area is 110 Å². The number of aryl methyl sites for hydroxylation is 1. The molecule has 1 unspecified atom stereocenters. The summed E-state index contributed by atoms with van der Waals surface area (Å²) in [6, 6.07) is 1.77. The predicted octanol–water partition coefficient (Wildman–Crippen LogP) is 0.767. The number of carbonyl (C=O) groups is 1. The van der Waals surface area contributed by atoms with Gasteiger partial charge < -0.3 is 9.64 Å². The van der Waals surface area contributed by atoms with Crippen LogP contribution in [0.5, 0.6) is 0 Å². The summed E-state index contributed by atoms with van der Waals surface area (Å²) in [5.74, 6) is 1.09. The molecular weight excluding hydrogens is 250 g/mol. The van der Waals surface area contributed by atoms with E-state index in [1.165, 1.54) is 0 Å². The van der Waals surface area contributed by atoms with Crippen LogP contribution in [0.1, 0.15) is 16.9 Å². The molecule has 0 N–H and O–H groups in total. The molecule has 98 valence electrons. The lowest BCUT2D eigenvalue weighted by atomic mass is 9.92. The van der Waals surface area contributed by atoms with Gasteiger partial charge in [-0.25, -0.2) is 0 Å². The molecule has 1 aromatic heterocycles. The molecule has 0 aliphatic carbocycles. The Hall–Kier alpha value is -1.01. The Morgan fingerprint density at radius 1 is 1.61 bits per heavy atom. The second-order valence-corrected chi connectivity index (χ2v) is 6.58. The van der Waals surface area contributed by atoms with Gasteiger partial charge in [-0.1, -0.05) is 0 Å². The van der Waals surface area contributed by atoms with Crippen LogP contribution in [0.3, 0.4) is 0 Å². The van der Waals surface area contributed by atoms with Crippen LogP contribution < -0.4 is 0 Å². The highest BCUT2D eigenvalue weighted by molar-refractivity contribution is 8.01. The minimum Gasteiger partial charge on any atom is -0.381 e. The van der Waals surface area contributed by atoms with Crippen molar-refractivity contribution in [2.75, 3.05) is 26.0 Å². The quantitative estimate of drug-likeness (QED) is 0.794. The largest absolute Gasteiger partial charge is 0.381 e. The average molecular weight is 267 g/mol. The van der Waals surface area contributed by atoms with Gasteiger partial charge in [-0.3, -0.25) is 9.48 Å². The van der Waals surface area contributed by atoms with Gasteiger partial charge in [-0.2, -0.15) is 5.10 Å². The first kappa shape index (κ1) is 12.0. The fraction of sp³-hybridized carbons (Fsp3) is 0.667. The number of methoxy groups -OCH3 is 1. The predicted molar refractivity (Wildman–Crippen MR) is 69.7 cm³/mol. The Morgan fingerprint density at radius 2 is 2.39 bits per heavy atom. The average Bonchev–Trinajstić information content (AvgIpc) is 2.92. The van der Waals surface area contributed by atoms with Crippen molar-refractivity contribution in [3.8, 4) is 0 Å². The summed E-state index contributed by atoms with van der Waals surface area (Å²) in [6.45, 7) is 1.65. The van der Waals surface area contributed by atoms with Crippen molar-refractivity contribution >= 4 is 17.7 Å². The lowest BCUT2D eigenvalue weighted by molar-refractivity contribution is 0.0446. The minimum atomic E-state index is 0.0442. The first-order valence-corrected chi connectivity index (χ1v) is 7.06. The Bertz CT molecular complexity index is 468. The van der Waals surface area contributed by atoms with Crippen molar-refractivity contribution in [3.05, 3.63) is 18.0 Å². The van der Waals surface area contributed by atoms with E-state index in [2.05, 4.69) is 5.10 Å². The summed E-state index contributed by atoms with van der Waals surface area (Å²) >= 11 is 1.94. The Morgan fingerprint density at radius 3 is 2.94 bits per heavy atom. The molecule has 0 radical (unpaired) electrons. The second-order valence-electron chi connectivity index (χ2n) is 5.09. The standard InChI is InChI=1S/C12H17N3O2S/c1-14-4-3-10(13-14)11(16)15-7-12(8-15)5-9(17-2)6-18-12/h3-4,9H,5-8H2,1-2H3. The van der Waals surface area contributed by atoms with E-state index in [1.54, 1.807) is 24.1 Å². The monoisotopic (exact) mass is 267 g/mol. The molecular formula is C12H17N3O2S. The molecule has 5 nitrogen and oxygen atoms in total. The van der Waals surface area contributed by atoms with E-state index in [4.69, 9.17) is 4.74 Å². The van der Waals surface area contributed by atoms with E-state index in [9.17, 15) is 4.79 Å². The van der Waals surface area contributed by atoms with E-state index >= 15 is 0 Å². The number of thioether (sulfide) groups is 1. The lowest BCUT2D eigenvalue weighted by Gasteiger charge is -2.47. The highest BCUT2D eigenvalue weighted by Gasteiger charge is 2.51. The molecule has 2 aliphatic rings. The number of amides is 1. The summed E-state index contributed by atoms with van der Waals surface area (Å²) in [6.07, 6.45) is 3.20. The molecule has 2 saturated heterocycles. The number of likely N-dealkylation sites (tertiary alicyclic amines) is 1. The Kier molecular flexibility index (Phi) is 2.86. The smallest absolute Gasteiger partial charge is 0.274 e. The van der Waals surface area contributed by atoms with Gasteiger partial charge in [0.25, 0.3) is 5.91 Å². The van der Waals surface area contributed by atoms with E-state index < -0.39 is 0 Å². The van der Waals surface area contributed by atoms with Crippen LogP contribution in [0.25, 0.3) is 0 Å². The van der Waals surface area contributed by atoms with Gasteiger partial charge in [-0.15, -0.1) is 11.8 Å². The van der Waals surface area contributed by atoms with Crippen LogP contribution in [0, 0.1) is 0 Å². The molecule has 1 atom stereocenters. The zero-order chi connectivity index (χ0) is 12.8. The van der Waals surface area contributed by atoms with Gasteiger partial charge in [0.15, 0.2) is 0 Å². The summed E-state index contributed by atoms with van der Waals surface area (Å²) in [4.78, 5) is 14.0. The van der Waals surface area contributed by atoms with Gasteiger partial charge in [0.1, 0.15) is 5.69 Å². The summed E-state index contributed by atoms with van der Waals surface area (Å²) in [5.41, 5.74) is 0.540. The van der Waals surface area contributed by atoms with Crippen molar-refractivity contribution in [2.45, 2.75) is 17.3 Å². The van der Waals surface area contributed by atoms with Gasteiger partial charge in [0.2, 0.25) is 0 Å². The zero-order valence-corrected chi connectivity index (χ0v) is 11.4. The number of carbonyl (C=O) groups excluding carboxylic acids is 1. The van der Waals surface area contributed by atoms with Crippen molar-refractivity contribution < 1.29 is 9.53 Å². The number of rotatable bonds is 2. The molecule has 18 heavy (non-hydrogen) atoms. The topological polar surface area (TPSA) is 47.4 Å². The maximum Gasteiger partial charge on any atom is 0.274 e. The van der Waals surface area contributed by atoms with Crippen LogP contribution in [0.15, 0.2) is 12.3 Å². The number of hydrogen-bond acceptors (Lipinski definition) is 4. The molecule has 6 heteroatoms. The molecule has 3 rings (SSSR count). The van der Waals surface area contributed by atoms with Gasteiger partial charge in [0.05, 0.1) is 10.9 Å². The molecule has 0 aromatic carbocycles. The zero-order valence-electron chi connectivity index (χ0n) is 10.6. The third kappa shape index (κ3) is 1.93. The third-order valence-corrected chi connectivity index (χ3v) is 5.26. The fourth-order valence-electron chi connectivity index (χ4n) is 2.66. The maximum absolute atomic E-state index is 12.1. The summed E-state index contributed by atoms with van der Waals surface area (Å²) < 4.78 is 7.29. The van der Waals surface area contributed by atoms with Crippen LogP contribution >= 0.6 is 11.8 Å². The molecule has 1 amide bonds. The SMILES string of the molecule is COC1CSC2(C1)CN(C(=O)c1ccn(C)n1)C2. The third-order valence-electron chi connectivity index (χ3n) is 3.69. The Balaban J connectivity index is 1.61. The molecule has 2 fully saturated rings. The van der Waals surface area contributed by atoms with E-state index in [1.807, 2.05) is 23.7 Å². The molecule has 0 saturated carbocycles. The van der Waals surface area contributed by atoms with Crippen LogP contribution in [-0.4, -0.2) is 57.4 Å². The van der Waals surface area contributed by atoms with Gasteiger partial charge >= 0.3 is 0 Å². The number of aromatic nitrogens is 2. The highest BCUT2D eigenvalue weighted by Crippen LogP contribution is 2.46. The van der Waals surface area contributed by atoms with E-state index in [-0.39, 0.29) is 10.7 Å². The molecule has 1 spiro atoms. The van der Waals surface area contributed by atoms with Crippen molar-refractivity contribution in [1.29, 1.82) is 0 Å².